The molecule has 0 saturated heterocycles. The van der Waals surface area contributed by atoms with Crippen LogP contribution in [-0.4, -0.2) is 44.2 Å². The van der Waals surface area contributed by atoms with Gasteiger partial charge in [-0.15, -0.1) is 11.3 Å². The Kier molecular flexibility index (Phi) is 7.12. The van der Waals surface area contributed by atoms with Crippen molar-refractivity contribution in [3.63, 3.8) is 0 Å². The Morgan fingerprint density at radius 3 is 2.75 bits per heavy atom. The molecule has 0 aromatic carbocycles. The minimum absolute atomic E-state index is 0.00806. The SMILES string of the molecule is COCCNCC(=O)NCCc1nc(C(C)(C)C)cs1. The second-order valence-corrected chi connectivity index (χ2v) is 6.59. The van der Waals surface area contributed by atoms with E-state index in [0.717, 1.165) is 17.1 Å². The van der Waals surface area contributed by atoms with Gasteiger partial charge in [-0.3, -0.25) is 4.79 Å². The number of amides is 1. The van der Waals surface area contributed by atoms with Gasteiger partial charge in [0.25, 0.3) is 0 Å². The molecule has 1 amide bonds. The lowest BCUT2D eigenvalue weighted by Gasteiger charge is -2.14. The van der Waals surface area contributed by atoms with Crippen molar-refractivity contribution in [2.24, 2.45) is 0 Å². The summed E-state index contributed by atoms with van der Waals surface area (Å²) in [5.74, 6) is 0.00806. The minimum Gasteiger partial charge on any atom is -0.383 e. The number of nitrogens with one attached hydrogen (secondary N) is 2. The van der Waals surface area contributed by atoms with Crippen molar-refractivity contribution in [3.05, 3.63) is 16.1 Å². The molecule has 20 heavy (non-hydrogen) atoms. The normalized spacial score (nSPS) is 11.6. The van der Waals surface area contributed by atoms with Gasteiger partial charge in [0.2, 0.25) is 5.91 Å². The Morgan fingerprint density at radius 1 is 1.40 bits per heavy atom. The van der Waals surface area contributed by atoms with E-state index < -0.39 is 0 Å². The smallest absolute Gasteiger partial charge is 0.233 e. The number of aromatic nitrogens is 1. The molecule has 0 radical (unpaired) electrons. The van der Waals surface area contributed by atoms with Crippen molar-refractivity contribution >= 4 is 17.2 Å². The van der Waals surface area contributed by atoms with Crippen LogP contribution in [0.2, 0.25) is 0 Å². The van der Waals surface area contributed by atoms with Gasteiger partial charge in [0.15, 0.2) is 0 Å². The number of carbonyl (C=O) groups excluding carboxylic acids is 1. The van der Waals surface area contributed by atoms with E-state index in [4.69, 9.17) is 4.74 Å². The Bertz CT molecular complexity index is 413. The van der Waals surface area contributed by atoms with E-state index in [1.165, 1.54) is 0 Å². The summed E-state index contributed by atoms with van der Waals surface area (Å²) in [6, 6.07) is 0. The molecule has 1 aromatic rings. The quantitative estimate of drug-likeness (QED) is 0.711. The molecule has 0 bridgehead atoms. The summed E-state index contributed by atoms with van der Waals surface area (Å²) in [5.41, 5.74) is 1.20. The van der Waals surface area contributed by atoms with E-state index in [2.05, 4.69) is 41.8 Å². The first-order chi connectivity index (χ1) is 9.43. The van der Waals surface area contributed by atoms with Gasteiger partial charge >= 0.3 is 0 Å². The number of thiazole rings is 1. The minimum atomic E-state index is 0.00806. The van der Waals surface area contributed by atoms with E-state index in [1.807, 2.05) is 0 Å². The van der Waals surface area contributed by atoms with E-state index in [9.17, 15) is 4.79 Å². The molecule has 0 fully saturated rings. The lowest BCUT2D eigenvalue weighted by Crippen LogP contribution is -2.36. The van der Waals surface area contributed by atoms with Gasteiger partial charge in [-0.25, -0.2) is 4.98 Å². The first-order valence-corrected chi connectivity index (χ1v) is 7.72. The third-order valence-electron chi connectivity index (χ3n) is 2.75. The third kappa shape index (κ3) is 6.45. The molecule has 0 spiro atoms. The van der Waals surface area contributed by atoms with Crippen molar-refractivity contribution in [2.75, 3.05) is 33.4 Å². The number of hydrogen-bond acceptors (Lipinski definition) is 5. The molecule has 0 unspecified atom stereocenters. The monoisotopic (exact) mass is 299 g/mol. The van der Waals surface area contributed by atoms with Crippen LogP contribution in [0.1, 0.15) is 31.5 Å². The van der Waals surface area contributed by atoms with Crippen LogP contribution in [0.15, 0.2) is 5.38 Å². The summed E-state index contributed by atoms with van der Waals surface area (Å²) in [7, 11) is 1.64. The molecule has 1 heterocycles. The third-order valence-corrected chi connectivity index (χ3v) is 3.66. The zero-order valence-electron chi connectivity index (χ0n) is 12.8. The van der Waals surface area contributed by atoms with E-state index >= 15 is 0 Å². The molecular weight excluding hydrogens is 274 g/mol. The first-order valence-electron chi connectivity index (χ1n) is 6.84. The predicted molar refractivity (Wildman–Crippen MR) is 82.3 cm³/mol. The molecule has 5 nitrogen and oxygen atoms in total. The Hall–Kier alpha value is -0.980. The van der Waals surface area contributed by atoms with Crippen LogP contribution < -0.4 is 10.6 Å². The predicted octanol–water partition coefficient (Wildman–Crippen LogP) is 1.34. The molecule has 6 heteroatoms. The number of hydrogen-bond donors (Lipinski definition) is 2. The Morgan fingerprint density at radius 2 is 2.15 bits per heavy atom. The maximum Gasteiger partial charge on any atom is 0.233 e. The Labute approximate surface area is 125 Å². The Balaban J connectivity index is 2.20. The number of ether oxygens (including phenoxy) is 1. The topological polar surface area (TPSA) is 63.2 Å². The fourth-order valence-corrected chi connectivity index (χ4v) is 2.54. The zero-order valence-corrected chi connectivity index (χ0v) is 13.6. The molecule has 1 aromatic heterocycles. The summed E-state index contributed by atoms with van der Waals surface area (Å²) in [6.07, 6.45) is 0.782. The summed E-state index contributed by atoms with van der Waals surface area (Å²) in [4.78, 5) is 16.1. The zero-order chi connectivity index (χ0) is 15.0. The highest BCUT2D eigenvalue weighted by atomic mass is 32.1. The molecule has 0 atom stereocenters. The van der Waals surface area contributed by atoms with Crippen LogP contribution in [0, 0.1) is 0 Å². The number of nitrogens with zero attached hydrogens (tertiary/aromatic N) is 1. The lowest BCUT2D eigenvalue weighted by atomic mass is 9.93. The molecule has 0 aliphatic heterocycles. The van der Waals surface area contributed by atoms with Crippen molar-refractivity contribution in [1.82, 2.24) is 15.6 Å². The summed E-state index contributed by atoms with van der Waals surface area (Å²) < 4.78 is 4.89. The molecule has 1 rings (SSSR count). The van der Waals surface area contributed by atoms with Crippen LogP contribution in [-0.2, 0) is 21.4 Å². The van der Waals surface area contributed by atoms with Gasteiger partial charge < -0.3 is 15.4 Å². The van der Waals surface area contributed by atoms with Crippen LogP contribution >= 0.6 is 11.3 Å². The van der Waals surface area contributed by atoms with Crippen molar-refractivity contribution in [3.8, 4) is 0 Å². The number of methoxy groups -OCH3 is 1. The molecule has 0 saturated carbocycles. The van der Waals surface area contributed by atoms with Crippen LogP contribution in [0.3, 0.4) is 0 Å². The van der Waals surface area contributed by atoms with Crippen LogP contribution in [0.4, 0.5) is 0 Å². The maximum absolute atomic E-state index is 11.5. The van der Waals surface area contributed by atoms with Crippen molar-refractivity contribution in [1.29, 1.82) is 0 Å². The highest BCUT2D eigenvalue weighted by molar-refractivity contribution is 7.09. The second-order valence-electron chi connectivity index (χ2n) is 5.65. The number of rotatable bonds is 8. The fourth-order valence-electron chi connectivity index (χ4n) is 1.52. The van der Waals surface area contributed by atoms with Gasteiger partial charge in [-0.2, -0.15) is 0 Å². The van der Waals surface area contributed by atoms with Crippen LogP contribution in [0.25, 0.3) is 0 Å². The fraction of sp³-hybridized carbons (Fsp3) is 0.714. The highest BCUT2D eigenvalue weighted by Crippen LogP contribution is 2.23. The largest absolute Gasteiger partial charge is 0.383 e. The summed E-state index contributed by atoms with van der Waals surface area (Å²) in [6.45, 7) is 8.71. The summed E-state index contributed by atoms with van der Waals surface area (Å²) in [5, 5.41) is 9.06. The van der Waals surface area contributed by atoms with E-state index in [1.54, 1.807) is 18.4 Å². The van der Waals surface area contributed by atoms with Gasteiger partial charge in [0, 0.05) is 37.4 Å². The van der Waals surface area contributed by atoms with Gasteiger partial charge in [-0.05, 0) is 0 Å². The van der Waals surface area contributed by atoms with Gasteiger partial charge in [0.05, 0.1) is 23.9 Å². The summed E-state index contributed by atoms with van der Waals surface area (Å²) >= 11 is 1.66. The van der Waals surface area contributed by atoms with Gasteiger partial charge in [-0.1, -0.05) is 20.8 Å². The molecular formula is C14H25N3O2S. The highest BCUT2D eigenvalue weighted by Gasteiger charge is 2.17. The number of carbonyl (C=O) groups is 1. The average Bonchev–Trinajstić information content (AvgIpc) is 2.83. The average molecular weight is 299 g/mol. The van der Waals surface area contributed by atoms with Gasteiger partial charge in [0.1, 0.15) is 0 Å². The molecule has 0 aliphatic carbocycles. The van der Waals surface area contributed by atoms with Crippen molar-refractivity contribution < 1.29 is 9.53 Å². The van der Waals surface area contributed by atoms with Crippen molar-refractivity contribution in [2.45, 2.75) is 32.6 Å². The van der Waals surface area contributed by atoms with E-state index in [-0.39, 0.29) is 11.3 Å². The molecule has 0 aliphatic rings. The lowest BCUT2D eigenvalue weighted by molar-refractivity contribution is -0.120. The van der Waals surface area contributed by atoms with E-state index in [0.29, 0.717) is 26.2 Å². The molecule has 114 valence electrons. The molecule has 2 N–H and O–H groups in total. The second kappa shape index (κ2) is 8.34. The maximum atomic E-state index is 11.5. The standard InChI is InChI=1S/C14H25N3O2S/c1-14(2,3)11-10-20-13(17-11)5-6-16-12(18)9-15-7-8-19-4/h10,15H,5-9H2,1-4H3,(H,16,18). The first kappa shape index (κ1) is 17.1. The van der Waals surface area contributed by atoms with Crippen LogP contribution in [0.5, 0.6) is 0 Å².